The molecule has 0 spiro atoms. The number of ether oxygens (including phenoxy) is 3. The molecule has 0 bridgehead atoms. The van der Waals surface area contributed by atoms with E-state index in [0.29, 0.717) is 16.9 Å². The first-order valence-corrected chi connectivity index (χ1v) is 9.72. The van der Waals surface area contributed by atoms with Crippen molar-refractivity contribution in [2.24, 2.45) is 0 Å². The van der Waals surface area contributed by atoms with Crippen molar-refractivity contribution in [1.29, 1.82) is 0 Å². The van der Waals surface area contributed by atoms with Crippen molar-refractivity contribution >= 4 is 28.5 Å². The summed E-state index contributed by atoms with van der Waals surface area (Å²) in [5.41, 5.74) is 1.80. The third-order valence-electron chi connectivity index (χ3n) is 5.55. The van der Waals surface area contributed by atoms with Gasteiger partial charge in [0, 0.05) is 29.8 Å². The zero-order chi connectivity index (χ0) is 22.3. The van der Waals surface area contributed by atoms with Crippen LogP contribution in [-0.2, 0) is 11.2 Å². The van der Waals surface area contributed by atoms with Crippen LogP contribution in [0, 0.1) is 0 Å². The molecule has 4 rings (SSSR count). The molecule has 8 nitrogen and oxygen atoms in total. The molecule has 1 amide bonds. The van der Waals surface area contributed by atoms with Crippen molar-refractivity contribution in [2.75, 3.05) is 26.6 Å². The summed E-state index contributed by atoms with van der Waals surface area (Å²) in [7, 11) is 4.12. The summed E-state index contributed by atoms with van der Waals surface area (Å²) in [5, 5.41) is 3.16. The molecule has 1 atom stereocenters. The normalized spacial score (nSPS) is 14.4. The SMILES string of the molecule is COC(=O)c1cc(OC)c(OC)cc1NC(=O)c1cn2c3c(cccc3c1=O)C[C@@H]2C. The van der Waals surface area contributed by atoms with E-state index in [1.165, 1.54) is 33.5 Å². The fourth-order valence-corrected chi connectivity index (χ4v) is 4.03. The molecule has 1 aliphatic heterocycles. The number of pyridine rings is 1. The number of hydrogen-bond acceptors (Lipinski definition) is 6. The van der Waals surface area contributed by atoms with Crippen LogP contribution in [-0.4, -0.2) is 37.8 Å². The molecule has 0 saturated heterocycles. The minimum Gasteiger partial charge on any atom is -0.493 e. The fraction of sp³-hybridized carbons (Fsp3) is 0.261. The Morgan fingerprint density at radius 1 is 1.06 bits per heavy atom. The average Bonchev–Trinajstić information content (AvgIpc) is 3.10. The van der Waals surface area contributed by atoms with E-state index >= 15 is 0 Å². The summed E-state index contributed by atoms with van der Waals surface area (Å²) >= 11 is 0. The summed E-state index contributed by atoms with van der Waals surface area (Å²) in [6.45, 7) is 2.04. The molecule has 0 radical (unpaired) electrons. The molecular formula is C23H22N2O6. The second kappa shape index (κ2) is 7.79. The monoisotopic (exact) mass is 422 g/mol. The third-order valence-corrected chi connectivity index (χ3v) is 5.55. The molecule has 160 valence electrons. The number of carbonyl (C=O) groups excluding carboxylic acids is 2. The Labute approximate surface area is 178 Å². The van der Waals surface area contributed by atoms with E-state index < -0.39 is 11.9 Å². The van der Waals surface area contributed by atoms with Crippen LogP contribution in [0.4, 0.5) is 5.69 Å². The first-order chi connectivity index (χ1) is 14.9. The molecule has 1 aliphatic rings. The molecule has 31 heavy (non-hydrogen) atoms. The summed E-state index contributed by atoms with van der Waals surface area (Å²) in [5.74, 6) is -0.667. The highest BCUT2D eigenvalue weighted by molar-refractivity contribution is 6.09. The Morgan fingerprint density at radius 3 is 2.45 bits per heavy atom. The highest BCUT2D eigenvalue weighted by atomic mass is 16.5. The van der Waals surface area contributed by atoms with Gasteiger partial charge in [-0.25, -0.2) is 4.79 Å². The van der Waals surface area contributed by atoms with Gasteiger partial charge in [-0.3, -0.25) is 9.59 Å². The van der Waals surface area contributed by atoms with Crippen molar-refractivity contribution in [3.05, 3.63) is 63.4 Å². The predicted molar refractivity (Wildman–Crippen MR) is 115 cm³/mol. The van der Waals surface area contributed by atoms with Gasteiger partial charge in [0.1, 0.15) is 5.56 Å². The average molecular weight is 422 g/mol. The maximum absolute atomic E-state index is 13.1. The van der Waals surface area contributed by atoms with E-state index in [-0.39, 0.29) is 28.3 Å². The molecule has 1 N–H and O–H groups in total. The quantitative estimate of drug-likeness (QED) is 0.635. The van der Waals surface area contributed by atoms with E-state index in [2.05, 4.69) is 5.32 Å². The maximum atomic E-state index is 13.1. The molecule has 1 aromatic heterocycles. The van der Waals surface area contributed by atoms with Crippen LogP contribution < -0.4 is 20.2 Å². The van der Waals surface area contributed by atoms with Crippen LogP contribution in [0.2, 0.25) is 0 Å². The van der Waals surface area contributed by atoms with Gasteiger partial charge in [-0.15, -0.1) is 0 Å². The summed E-state index contributed by atoms with van der Waals surface area (Å²) in [6, 6.07) is 8.55. The van der Waals surface area contributed by atoms with Gasteiger partial charge >= 0.3 is 5.97 Å². The molecule has 0 unspecified atom stereocenters. The van der Waals surface area contributed by atoms with Crippen molar-refractivity contribution < 1.29 is 23.8 Å². The number of nitrogens with one attached hydrogen (secondary N) is 1. The molecule has 3 aromatic rings. The first-order valence-electron chi connectivity index (χ1n) is 9.72. The van der Waals surface area contributed by atoms with Crippen LogP contribution in [0.1, 0.15) is 39.2 Å². The van der Waals surface area contributed by atoms with Crippen molar-refractivity contribution in [1.82, 2.24) is 4.57 Å². The van der Waals surface area contributed by atoms with Crippen LogP contribution in [0.25, 0.3) is 10.9 Å². The highest BCUT2D eigenvalue weighted by Gasteiger charge is 2.26. The van der Waals surface area contributed by atoms with E-state index in [9.17, 15) is 14.4 Å². The Balaban J connectivity index is 1.81. The minimum absolute atomic E-state index is 0.0102. The largest absolute Gasteiger partial charge is 0.493 e. The van der Waals surface area contributed by atoms with Gasteiger partial charge in [0.05, 0.1) is 38.1 Å². The lowest BCUT2D eigenvalue weighted by atomic mass is 10.1. The highest BCUT2D eigenvalue weighted by Crippen LogP contribution is 2.34. The van der Waals surface area contributed by atoms with E-state index in [1.807, 2.05) is 23.6 Å². The number of hydrogen-bond donors (Lipinski definition) is 1. The summed E-state index contributed by atoms with van der Waals surface area (Å²) < 4.78 is 17.3. The van der Waals surface area contributed by atoms with Gasteiger partial charge in [0.15, 0.2) is 11.5 Å². The van der Waals surface area contributed by atoms with Crippen LogP contribution in [0.5, 0.6) is 11.5 Å². The van der Waals surface area contributed by atoms with Gasteiger partial charge < -0.3 is 24.1 Å². The fourth-order valence-electron chi connectivity index (χ4n) is 4.03. The standard InChI is InChI=1S/C23H22N2O6/c1-12-8-13-6-5-7-14-20(13)25(12)11-16(21(14)26)22(27)24-17-10-19(30-3)18(29-2)9-15(17)23(28)31-4/h5-7,9-12H,8H2,1-4H3,(H,24,27)/t12-/m0/s1. The van der Waals surface area contributed by atoms with Crippen molar-refractivity contribution in [3.63, 3.8) is 0 Å². The van der Waals surface area contributed by atoms with Crippen LogP contribution >= 0.6 is 0 Å². The Kier molecular flexibility index (Phi) is 5.14. The summed E-state index contributed by atoms with van der Waals surface area (Å²) in [4.78, 5) is 38.5. The molecule has 2 aromatic carbocycles. The third kappa shape index (κ3) is 3.30. The van der Waals surface area contributed by atoms with Crippen LogP contribution in [0.3, 0.4) is 0 Å². The lowest BCUT2D eigenvalue weighted by Gasteiger charge is -2.16. The first kappa shape index (κ1) is 20.5. The number of rotatable bonds is 5. The zero-order valence-electron chi connectivity index (χ0n) is 17.6. The van der Waals surface area contributed by atoms with Gasteiger partial charge in [0.2, 0.25) is 5.43 Å². The zero-order valence-corrected chi connectivity index (χ0v) is 17.6. The minimum atomic E-state index is -0.664. The second-order valence-corrected chi connectivity index (χ2v) is 7.34. The van der Waals surface area contributed by atoms with E-state index in [4.69, 9.17) is 14.2 Å². The lowest BCUT2D eigenvalue weighted by molar-refractivity contribution is 0.0601. The molecular weight excluding hydrogens is 400 g/mol. The van der Waals surface area contributed by atoms with E-state index in [1.54, 1.807) is 12.3 Å². The molecule has 0 fully saturated rings. The molecule has 2 heterocycles. The van der Waals surface area contributed by atoms with Crippen LogP contribution in [0.15, 0.2) is 41.3 Å². The number of esters is 1. The number of anilines is 1. The smallest absolute Gasteiger partial charge is 0.340 e. The topological polar surface area (TPSA) is 95.9 Å². The number of aromatic nitrogens is 1. The van der Waals surface area contributed by atoms with Gasteiger partial charge in [0.25, 0.3) is 5.91 Å². The Bertz CT molecular complexity index is 1280. The predicted octanol–water partition coefficient (Wildman–Crippen LogP) is 3.17. The lowest BCUT2D eigenvalue weighted by Crippen LogP contribution is -2.24. The number of methoxy groups -OCH3 is 3. The maximum Gasteiger partial charge on any atom is 0.340 e. The number of amides is 1. The number of nitrogens with zero attached hydrogens (tertiary/aromatic N) is 1. The molecule has 0 saturated carbocycles. The van der Waals surface area contributed by atoms with Crippen molar-refractivity contribution in [3.8, 4) is 11.5 Å². The number of para-hydroxylation sites is 1. The van der Waals surface area contributed by atoms with E-state index in [0.717, 1.165) is 17.5 Å². The Hall–Kier alpha value is -3.81. The number of benzene rings is 2. The van der Waals surface area contributed by atoms with Gasteiger partial charge in [-0.05, 0) is 25.0 Å². The second-order valence-electron chi connectivity index (χ2n) is 7.34. The van der Waals surface area contributed by atoms with Gasteiger partial charge in [-0.2, -0.15) is 0 Å². The van der Waals surface area contributed by atoms with Crippen molar-refractivity contribution in [2.45, 2.75) is 19.4 Å². The number of carbonyl (C=O) groups is 2. The summed E-state index contributed by atoms with van der Waals surface area (Å²) in [6.07, 6.45) is 2.38. The molecule has 0 aliphatic carbocycles. The van der Waals surface area contributed by atoms with Gasteiger partial charge in [-0.1, -0.05) is 12.1 Å². The molecule has 8 heteroatoms. The Morgan fingerprint density at radius 2 is 1.77 bits per heavy atom.